The van der Waals surface area contributed by atoms with Crippen molar-refractivity contribution in [3.63, 3.8) is 0 Å². The van der Waals surface area contributed by atoms with E-state index < -0.39 is 29.4 Å². The summed E-state index contributed by atoms with van der Waals surface area (Å²) < 4.78 is 5.16. The number of para-hydroxylation sites is 1. The van der Waals surface area contributed by atoms with Gasteiger partial charge < -0.3 is 15.0 Å². The normalized spacial score (nSPS) is 23.5. The number of hydrogen-bond donors (Lipinski definition) is 1. The summed E-state index contributed by atoms with van der Waals surface area (Å²) in [6.07, 6.45) is 3.78. The minimum atomic E-state index is -1.36. The minimum Gasteiger partial charge on any atom is -0.427 e. The van der Waals surface area contributed by atoms with Crippen LogP contribution in [0.25, 0.3) is 6.08 Å². The average Bonchev–Trinajstić information content (AvgIpc) is 3.69. The molecule has 1 saturated heterocycles. The van der Waals surface area contributed by atoms with Crippen molar-refractivity contribution in [3.05, 3.63) is 124 Å². The van der Waals surface area contributed by atoms with Gasteiger partial charge in [0, 0.05) is 24.4 Å². The molecule has 4 heterocycles. The number of fused-ring (bicyclic) bond motifs is 6. The maximum Gasteiger partial charge on any atom is 0.308 e. The predicted molar refractivity (Wildman–Crippen MR) is 155 cm³/mol. The highest BCUT2D eigenvalue weighted by Gasteiger charge is 2.70. The lowest BCUT2D eigenvalue weighted by Gasteiger charge is -2.38. The van der Waals surface area contributed by atoms with E-state index in [4.69, 9.17) is 4.74 Å². The Bertz CT molecular complexity index is 1760. The smallest absolute Gasteiger partial charge is 0.308 e. The summed E-state index contributed by atoms with van der Waals surface area (Å²) >= 11 is 1.30. The molecule has 1 N–H and O–H groups in total. The molecule has 3 aliphatic heterocycles. The summed E-state index contributed by atoms with van der Waals surface area (Å²) in [6.45, 7) is 1.31. The van der Waals surface area contributed by atoms with Crippen LogP contribution in [0.2, 0.25) is 0 Å². The number of rotatable bonds is 5. The number of anilines is 1. The number of carbonyl (C=O) groups is 4. The number of ether oxygens (including phenoxy) is 1. The van der Waals surface area contributed by atoms with Crippen LogP contribution in [-0.4, -0.2) is 34.4 Å². The van der Waals surface area contributed by atoms with E-state index in [-0.39, 0.29) is 17.5 Å². The molecule has 8 heteroatoms. The summed E-state index contributed by atoms with van der Waals surface area (Å²) in [6, 6.07) is 23.5. The second-order valence-electron chi connectivity index (χ2n) is 10.4. The molecule has 41 heavy (non-hydrogen) atoms. The molecule has 0 aliphatic carbocycles. The van der Waals surface area contributed by atoms with Gasteiger partial charge in [0.15, 0.2) is 11.6 Å². The Hall–Kier alpha value is -4.82. The van der Waals surface area contributed by atoms with E-state index in [1.807, 2.05) is 71.1 Å². The molecular weight excluding hydrogens is 536 g/mol. The van der Waals surface area contributed by atoms with Crippen LogP contribution in [0.3, 0.4) is 0 Å². The predicted octanol–water partition coefficient (Wildman–Crippen LogP) is 5.66. The Kier molecular flexibility index (Phi) is 5.76. The molecule has 4 atom stereocenters. The molecule has 0 radical (unpaired) electrons. The Morgan fingerprint density at radius 2 is 1.66 bits per heavy atom. The number of nitrogens with one attached hydrogen (secondary N) is 1. The zero-order valence-electron chi connectivity index (χ0n) is 21.9. The molecular formula is C33H24N2O5S. The molecule has 0 unspecified atom stereocenters. The van der Waals surface area contributed by atoms with Gasteiger partial charge in [-0.25, -0.2) is 0 Å². The summed E-state index contributed by atoms with van der Waals surface area (Å²) in [4.78, 5) is 57.3. The molecule has 202 valence electrons. The van der Waals surface area contributed by atoms with Gasteiger partial charge in [-0.3, -0.25) is 19.2 Å². The molecule has 0 saturated carbocycles. The van der Waals surface area contributed by atoms with Gasteiger partial charge in [0.05, 0.1) is 16.8 Å². The van der Waals surface area contributed by atoms with E-state index >= 15 is 0 Å². The van der Waals surface area contributed by atoms with Crippen molar-refractivity contribution in [2.75, 3.05) is 5.32 Å². The maximum atomic E-state index is 14.6. The average molecular weight is 561 g/mol. The molecule has 1 amide bonds. The third-order valence-electron chi connectivity index (χ3n) is 8.29. The van der Waals surface area contributed by atoms with E-state index in [0.717, 1.165) is 11.1 Å². The van der Waals surface area contributed by atoms with E-state index in [0.29, 0.717) is 27.4 Å². The van der Waals surface area contributed by atoms with Gasteiger partial charge in [-0.15, -0.1) is 11.3 Å². The quantitative estimate of drug-likeness (QED) is 0.193. The van der Waals surface area contributed by atoms with Crippen molar-refractivity contribution < 1.29 is 23.9 Å². The van der Waals surface area contributed by atoms with Gasteiger partial charge in [0.25, 0.3) is 0 Å². The fourth-order valence-corrected chi connectivity index (χ4v) is 7.47. The Balaban J connectivity index is 1.47. The van der Waals surface area contributed by atoms with Crippen molar-refractivity contribution in [2.45, 2.75) is 24.4 Å². The number of carbonyl (C=O) groups excluding carboxylic acids is 4. The van der Waals surface area contributed by atoms with Crippen molar-refractivity contribution in [1.29, 1.82) is 0 Å². The lowest BCUT2D eigenvalue weighted by molar-refractivity contribution is -0.131. The van der Waals surface area contributed by atoms with Gasteiger partial charge in [-0.1, -0.05) is 48.5 Å². The van der Waals surface area contributed by atoms with Gasteiger partial charge >= 0.3 is 5.97 Å². The van der Waals surface area contributed by atoms with Crippen LogP contribution in [0, 0.1) is 5.92 Å². The topological polar surface area (TPSA) is 92.8 Å². The zero-order valence-corrected chi connectivity index (χ0v) is 22.8. The lowest BCUT2D eigenvalue weighted by Crippen LogP contribution is -2.49. The number of esters is 1. The van der Waals surface area contributed by atoms with Crippen molar-refractivity contribution in [3.8, 4) is 5.75 Å². The molecule has 0 bridgehead atoms. The van der Waals surface area contributed by atoms with Crippen LogP contribution in [0.15, 0.2) is 96.5 Å². The number of ketones is 2. The van der Waals surface area contributed by atoms with Gasteiger partial charge in [-0.05, 0) is 64.5 Å². The van der Waals surface area contributed by atoms with Crippen LogP contribution in [0.5, 0.6) is 5.75 Å². The summed E-state index contributed by atoms with van der Waals surface area (Å²) in [5, 5.41) is 4.87. The number of hydrogen-bond acceptors (Lipinski definition) is 7. The molecule has 7 rings (SSSR count). The molecule has 1 spiro atoms. The maximum absolute atomic E-state index is 14.6. The molecule has 3 aliphatic rings. The van der Waals surface area contributed by atoms with Crippen molar-refractivity contribution >= 4 is 46.5 Å². The van der Waals surface area contributed by atoms with Crippen LogP contribution in [-0.2, 0) is 15.0 Å². The highest BCUT2D eigenvalue weighted by atomic mass is 32.1. The minimum absolute atomic E-state index is 0.248. The van der Waals surface area contributed by atoms with Crippen LogP contribution >= 0.6 is 11.3 Å². The van der Waals surface area contributed by atoms with Crippen LogP contribution < -0.4 is 10.1 Å². The fourth-order valence-electron chi connectivity index (χ4n) is 6.76. The standard InChI is InChI=1S/C33H24N2O5S/c1-19(36)40-22-14-12-21(13-15-22)29(37)28-27(30(38)26-11-6-18-41-26)33(24-9-4-5-10-25(24)34-32(33)39)31-23-8-3-2-7-20(23)16-17-35(28)31/h2-18,27-28,31H,1H3,(H,34,39)/t27-,28-,31+,33+/m0/s1. The summed E-state index contributed by atoms with van der Waals surface area (Å²) in [5.74, 6) is -2.01. The number of benzene rings is 3. The lowest BCUT2D eigenvalue weighted by atomic mass is 9.63. The fraction of sp³-hybridized carbons (Fsp3) is 0.152. The monoisotopic (exact) mass is 560 g/mol. The van der Waals surface area contributed by atoms with E-state index in [1.165, 1.54) is 18.3 Å². The SMILES string of the molecule is CC(=O)Oc1ccc(C(=O)[C@@H]2[C@@H](C(=O)c3cccs3)[C@@]3(C(=O)Nc4ccccc43)[C@H]3c4ccccc4C=CN23)cc1. The molecule has 7 nitrogen and oxygen atoms in total. The second-order valence-corrected chi connectivity index (χ2v) is 11.4. The first-order chi connectivity index (χ1) is 19.9. The molecule has 4 aromatic rings. The molecule has 1 fully saturated rings. The number of thiophene rings is 1. The third-order valence-corrected chi connectivity index (χ3v) is 9.17. The molecule has 1 aromatic heterocycles. The second kappa shape index (κ2) is 9.38. The van der Waals surface area contributed by atoms with Crippen molar-refractivity contribution in [2.24, 2.45) is 5.92 Å². The first-order valence-corrected chi connectivity index (χ1v) is 14.1. The van der Waals surface area contributed by atoms with Gasteiger partial charge in [-0.2, -0.15) is 0 Å². The Morgan fingerprint density at radius 1 is 0.902 bits per heavy atom. The summed E-state index contributed by atoms with van der Waals surface area (Å²) in [5.41, 5.74) is 2.16. The Morgan fingerprint density at radius 3 is 2.41 bits per heavy atom. The van der Waals surface area contributed by atoms with Gasteiger partial charge in [0.1, 0.15) is 17.2 Å². The number of amides is 1. The number of nitrogens with zero attached hydrogens (tertiary/aromatic N) is 1. The largest absolute Gasteiger partial charge is 0.427 e. The zero-order chi connectivity index (χ0) is 28.3. The van der Waals surface area contributed by atoms with Crippen LogP contribution in [0.4, 0.5) is 5.69 Å². The van der Waals surface area contributed by atoms with E-state index in [2.05, 4.69) is 5.32 Å². The summed E-state index contributed by atoms with van der Waals surface area (Å²) in [7, 11) is 0. The Labute approximate surface area is 240 Å². The highest BCUT2D eigenvalue weighted by molar-refractivity contribution is 7.12. The molecule has 3 aromatic carbocycles. The van der Waals surface area contributed by atoms with Gasteiger partial charge in [0.2, 0.25) is 5.91 Å². The first-order valence-electron chi connectivity index (χ1n) is 13.3. The van der Waals surface area contributed by atoms with E-state index in [9.17, 15) is 19.2 Å². The van der Waals surface area contributed by atoms with Crippen molar-refractivity contribution in [1.82, 2.24) is 4.90 Å². The van der Waals surface area contributed by atoms with E-state index in [1.54, 1.807) is 36.4 Å². The van der Waals surface area contributed by atoms with Crippen LogP contribution in [0.1, 0.15) is 49.7 Å². The third kappa shape index (κ3) is 3.64. The number of Topliss-reactive ketones (excluding diaryl/α,β-unsaturated/α-hetero) is 2. The first kappa shape index (κ1) is 25.2. The highest BCUT2D eigenvalue weighted by Crippen LogP contribution is 2.62.